The van der Waals surface area contributed by atoms with Crippen molar-refractivity contribution in [1.82, 2.24) is 5.32 Å². The van der Waals surface area contributed by atoms with E-state index < -0.39 is 0 Å². The van der Waals surface area contributed by atoms with E-state index in [0.717, 1.165) is 4.47 Å². The maximum absolute atomic E-state index is 11.1. The topological polar surface area (TPSA) is 67.2 Å². The lowest BCUT2D eigenvalue weighted by molar-refractivity contribution is 0.254. The van der Waals surface area contributed by atoms with E-state index in [2.05, 4.69) is 26.6 Å². The van der Waals surface area contributed by atoms with E-state index in [1.807, 2.05) is 0 Å². The molecule has 4 nitrogen and oxygen atoms in total. The van der Waals surface area contributed by atoms with Crippen molar-refractivity contribution in [1.29, 1.82) is 0 Å². The van der Waals surface area contributed by atoms with Crippen molar-refractivity contribution in [2.45, 2.75) is 0 Å². The summed E-state index contributed by atoms with van der Waals surface area (Å²) in [5.41, 5.74) is 6.76. The number of rotatable bonds is 2. The standard InChI is InChI=1S/C9H10BrN3OS/c1-12-9(14)13-7-3-2-5(10)4-6(7)8(11)15/h2-4H,1H3,(H2,11,15)(H2,12,13,14). The Morgan fingerprint density at radius 2 is 2.20 bits per heavy atom. The lowest BCUT2D eigenvalue weighted by Crippen LogP contribution is -2.26. The van der Waals surface area contributed by atoms with E-state index in [9.17, 15) is 4.79 Å². The van der Waals surface area contributed by atoms with Crippen molar-refractivity contribution in [3.63, 3.8) is 0 Å². The highest BCUT2D eigenvalue weighted by atomic mass is 79.9. The third kappa shape index (κ3) is 3.17. The molecule has 0 fully saturated rings. The summed E-state index contributed by atoms with van der Waals surface area (Å²) in [4.78, 5) is 11.4. The molecule has 1 rings (SSSR count). The van der Waals surface area contributed by atoms with Gasteiger partial charge >= 0.3 is 6.03 Å². The van der Waals surface area contributed by atoms with Gasteiger partial charge in [0.1, 0.15) is 4.99 Å². The summed E-state index contributed by atoms with van der Waals surface area (Å²) in [7, 11) is 1.54. The first kappa shape index (κ1) is 11.9. The molecule has 0 unspecified atom stereocenters. The van der Waals surface area contributed by atoms with Gasteiger partial charge in [-0.15, -0.1) is 0 Å². The largest absolute Gasteiger partial charge is 0.389 e. The second-order valence-electron chi connectivity index (χ2n) is 2.76. The first-order valence-electron chi connectivity index (χ1n) is 4.12. The van der Waals surface area contributed by atoms with Crippen LogP contribution in [0.3, 0.4) is 0 Å². The van der Waals surface area contributed by atoms with Gasteiger partial charge < -0.3 is 16.4 Å². The monoisotopic (exact) mass is 287 g/mol. The molecule has 0 saturated heterocycles. The SMILES string of the molecule is CNC(=O)Nc1ccc(Br)cc1C(N)=S. The third-order valence-corrected chi connectivity index (χ3v) is 2.44. The molecule has 0 bridgehead atoms. The van der Waals surface area contributed by atoms with Gasteiger partial charge in [0.05, 0.1) is 5.69 Å². The number of benzene rings is 1. The first-order chi connectivity index (χ1) is 7.04. The Labute approximate surface area is 101 Å². The minimum atomic E-state index is -0.310. The molecule has 80 valence electrons. The minimum absolute atomic E-state index is 0.239. The van der Waals surface area contributed by atoms with Crippen LogP contribution in [0.15, 0.2) is 22.7 Å². The second kappa shape index (κ2) is 5.09. The second-order valence-corrected chi connectivity index (χ2v) is 4.11. The van der Waals surface area contributed by atoms with E-state index in [-0.39, 0.29) is 11.0 Å². The van der Waals surface area contributed by atoms with Crippen LogP contribution in [0, 0.1) is 0 Å². The van der Waals surface area contributed by atoms with Crippen molar-refractivity contribution < 1.29 is 4.79 Å². The number of hydrogen-bond acceptors (Lipinski definition) is 2. The normalized spacial score (nSPS) is 9.47. The van der Waals surface area contributed by atoms with Gasteiger partial charge in [-0.2, -0.15) is 0 Å². The lowest BCUT2D eigenvalue weighted by atomic mass is 10.2. The zero-order valence-corrected chi connectivity index (χ0v) is 10.4. The number of hydrogen-bond donors (Lipinski definition) is 3. The van der Waals surface area contributed by atoms with Gasteiger partial charge in [0.15, 0.2) is 0 Å². The zero-order chi connectivity index (χ0) is 11.4. The number of thiocarbonyl (C=S) groups is 1. The molecule has 0 aliphatic carbocycles. The Morgan fingerprint density at radius 3 is 2.73 bits per heavy atom. The van der Waals surface area contributed by atoms with Crippen LogP contribution in [-0.4, -0.2) is 18.1 Å². The van der Waals surface area contributed by atoms with Crippen LogP contribution in [0.5, 0.6) is 0 Å². The summed E-state index contributed by atoms with van der Waals surface area (Å²) >= 11 is 8.19. The molecular formula is C9H10BrN3OS. The van der Waals surface area contributed by atoms with Crippen molar-refractivity contribution in [3.05, 3.63) is 28.2 Å². The van der Waals surface area contributed by atoms with Crippen molar-refractivity contribution in [2.75, 3.05) is 12.4 Å². The third-order valence-electron chi connectivity index (χ3n) is 1.72. The van der Waals surface area contributed by atoms with Gasteiger partial charge in [-0.3, -0.25) is 0 Å². The van der Waals surface area contributed by atoms with Crippen LogP contribution >= 0.6 is 28.1 Å². The van der Waals surface area contributed by atoms with E-state index in [0.29, 0.717) is 11.3 Å². The van der Waals surface area contributed by atoms with E-state index in [1.165, 1.54) is 7.05 Å². The molecule has 1 aromatic rings. The smallest absolute Gasteiger partial charge is 0.318 e. The van der Waals surface area contributed by atoms with Crippen molar-refractivity contribution in [2.24, 2.45) is 5.73 Å². The summed E-state index contributed by atoms with van der Waals surface area (Å²) in [6.07, 6.45) is 0. The van der Waals surface area contributed by atoms with E-state index in [1.54, 1.807) is 18.2 Å². The summed E-state index contributed by atoms with van der Waals surface area (Å²) < 4.78 is 0.854. The Morgan fingerprint density at radius 1 is 1.53 bits per heavy atom. The van der Waals surface area contributed by atoms with Gasteiger partial charge in [0.25, 0.3) is 0 Å². The molecule has 0 aliphatic heterocycles. The van der Waals surface area contributed by atoms with Gasteiger partial charge in [-0.1, -0.05) is 28.1 Å². The van der Waals surface area contributed by atoms with Crippen LogP contribution in [0.2, 0.25) is 0 Å². The van der Waals surface area contributed by atoms with Gasteiger partial charge in [-0.25, -0.2) is 4.79 Å². The maximum atomic E-state index is 11.1. The predicted octanol–water partition coefficient (Wildman–Crippen LogP) is 1.83. The fourth-order valence-corrected chi connectivity index (χ4v) is 1.54. The maximum Gasteiger partial charge on any atom is 0.318 e. The molecule has 0 atom stereocenters. The first-order valence-corrected chi connectivity index (χ1v) is 5.33. The highest BCUT2D eigenvalue weighted by Gasteiger charge is 2.07. The molecule has 0 radical (unpaired) electrons. The summed E-state index contributed by atoms with van der Waals surface area (Å²) in [5.74, 6) is 0. The highest BCUT2D eigenvalue weighted by Crippen LogP contribution is 2.20. The minimum Gasteiger partial charge on any atom is -0.389 e. The number of halogens is 1. The molecule has 15 heavy (non-hydrogen) atoms. The molecule has 4 N–H and O–H groups in total. The molecule has 1 aromatic carbocycles. The van der Waals surface area contributed by atoms with Gasteiger partial charge in [0, 0.05) is 17.1 Å². The molecule has 2 amide bonds. The predicted molar refractivity (Wildman–Crippen MR) is 68.1 cm³/mol. The van der Waals surface area contributed by atoms with Crippen molar-refractivity contribution in [3.8, 4) is 0 Å². The number of amides is 2. The van der Waals surface area contributed by atoms with Crippen LogP contribution in [0.4, 0.5) is 10.5 Å². The number of urea groups is 1. The average molecular weight is 288 g/mol. The fraction of sp³-hybridized carbons (Fsp3) is 0.111. The summed E-state index contributed by atoms with van der Waals surface area (Å²) in [6, 6.07) is 4.98. The molecule has 0 saturated carbocycles. The van der Waals surface area contributed by atoms with Crippen molar-refractivity contribution >= 4 is 44.9 Å². The summed E-state index contributed by atoms with van der Waals surface area (Å²) in [5, 5.41) is 5.08. The Balaban J connectivity index is 3.06. The Bertz CT molecular complexity index is 408. The number of anilines is 1. The summed E-state index contributed by atoms with van der Waals surface area (Å²) in [6.45, 7) is 0. The number of carbonyl (C=O) groups is 1. The number of nitrogens with one attached hydrogen (secondary N) is 2. The zero-order valence-electron chi connectivity index (χ0n) is 8.00. The van der Waals surface area contributed by atoms with Crippen LogP contribution in [0.25, 0.3) is 0 Å². The highest BCUT2D eigenvalue weighted by molar-refractivity contribution is 9.10. The van der Waals surface area contributed by atoms with Gasteiger partial charge in [-0.05, 0) is 18.2 Å². The fourth-order valence-electron chi connectivity index (χ4n) is 1.01. The average Bonchev–Trinajstić information content (AvgIpc) is 2.20. The Hall–Kier alpha value is -1.14. The molecule has 0 aliphatic rings. The van der Waals surface area contributed by atoms with Gasteiger partial charge in [0.2, 0.25) is 0 Å². The van der Waals surface area contributed by atoms with Crippen LogP contribution < -0.4 is 16.4 Å². The number of nitrogens with two attached hydrogens (primary N) is 1. The quantitative estimate of drug-likeness (QED) is 0.727. The van der Waals surface area contributed by atoms with E-state index in [4.69, 9.17) is 18.0 Å². The van der Waals surface area contributed by atoms with Crippen LogP contribution in [0.1, 0.15) is 5.56 Å². The molecule has 0 spiro atoms. The van der Waals surface area contributed by atoms with Crippen LogP contribution in [-0.2, 0) is 0 Å². The Kier molecular flexibility index (Phi) is 4.05. The van der Waals surface area contributed by atoms with E-state index >= 15 is 0 Å². The molecule has 0 heterocycles. The number of carbonyl (C=O) groups excluding carboxylic acids is 1. The molecule has 0 aromatic heterocycles. The molecular weight excluding hydrogens is 278 g/mol. The molecule has 6 heteroatoms. The lowest BCUT2D eigenvalue weighted by Gasteiger charge is -2.09.